The first-order valence-corrected chi connectivity index (χ1v) is 7.12. The highest BCUT2D eigenvalue weighted by Gasteiger charge is 2.08. The molecule has 2 heterocycles. The zero-order chi connectivity index (χ0) is 12.4. The van der Waals surface area contributed by atoms with E-state index in [-0.39, 0.29) is 0 Å². The lowest BCUT2D eigenvalue weighted by Gasteiger charge is -2.01. The van der Waals surface area contributed by atoms with Gasteiger partial charge in [-0.15, -0.1) is 0 Å². The summed E-state index contributed by atoms with van der Waals surface area (Å²) in [7, 11) is 1.92. The highest BCUT2D eigenvalue weighted by Crippen LogP contribution is 2.21. The third-order valence-electron chi connectivity index (χ3n) is 2.34. The van der Waals surface area contributed by atoms with Gasteiger partial charge in [-0.2, -0.15) is 10.2 Å². The van der Waals surface area contributed by atoms with Crippen LogP contribution in [0.5, 0.6) is 0 Å². The Morgan fingerprint density at radius 3 is 2.71 bits per heavy atom. The van der Waals surface area contributed by atoms with Crippen molar-refractivity contribution < 1.29 is 0 Å². The molecule has 2 aromatic heterocycles. The van der Waals surface area contributed by atoms with Gasteiger partial charge in [0.05, 0.1) is 4.47 Å². The van der Waals surface area contributed by atoms with Crippen LogP contribution in [0.2, 0.25) is 0 Å². The van der Waals surface area contributed by atoms with Gasteiger partial charge in [-0.05, 0) is 45.4 Å². The highest BCUT2D eigenvalue weighted by molar-refractivity contribution is 14.1. The first-order chi connectivity index (χ1) is 8.10. The van der Waals surface area contributed by atoms with E-state index in [0.29, 0.717) is 0 Å². The molecule has 0 fully saturated rings. The summed E-state index contributed by atoms with van der Waals surface area (Å²) in [5.41, 5.74) is 1.17. The standard InChI is InChI=1S/C10H13BrIN5/c1-3-17-6-8(11)10(15-17)13-4-7-5-16(2)14-9(7)12/h5-6H,3-4H2,1-2H3,(H,13,15). The number of halogens is 2. The summed E-state index contributed by atoms with van der Waals surface area (Å²) in [5.74, 6) is 0.867. The van der Waals surface area contributed by atoms with Crippen molar-refractivity contribution in [3.63, 3.8) is 0 Å². The van der Waals surface area contributed by atoms with Crippen LogP contribution in [-0.2, 0) is 20.1 Å². The van der Waals surface area contributed by atoms with E-state index in [9.17, 15) is 0 Å². The molecule has 0 aliphatic rings. The molecule has 1 N–H and O–H groups in total. The third-order valence-corrected chi connectivity index (χ3v) is 3.83. The molecule has 2 rings (SSSR count). The second kappa shape index (κ2) is 5.38. The number of aromatic nitrogens is 4. The van der Waals surface area contributed by atoms with E-state index >= 15 is 0 Å². The van der Waals surface area contributed by atoms with Crippen molar-refractivity contribution in [2.75, 3.05) is 5.32 Å². The van der Waals surface area contributed by atoms with Gasteiger partial charge < -0.3 is 5.32 Å². The molecule has 0 aliphatic carbocycles. The van der Waals surface area contributed by atoms with Crippen LogP contribution in [0, 0.1) is 3.70 Å². The van der Waals surface area contributed by atoms with Gasteiger partial charge in [-0.3, -0.25) is 9.36 Å². The minimum atomic E-state index is 0.728. The molecule has 0 aromatic carbocycles. The van der Waals surface area contributed by atoms with Crippen molar-refractivity contribution in [2.45, 2.75) is 20.0 Å². The summed E-state index contributed by atoms with van der Waals surface area (Å²) in [5, 5.41) is 12.0. The number of hydrogen-bond donors (Lipinski definition) is 1. The molecule has 0 spiro atoms. The lowest BCUT2D eigenvalue weighted by molar-refractivity contribution is 0.661. The predicted octanol–water partition coefficient (Wildman–Crippen LogP) is 2.62. The van der Waals surface area contributed by atoms with Gasteiger partial charge in [0.15, 0.2) is 5.82 Å². The number of rotatable bonds is 4. The fraction of sp³-hybridized carbons (Fsp3) is 0.400. The zero-order valence-corrected chi connectivity index (χ0v) is 13.4. The van der Waals surface area contributed by atoms with Gasteiger partial charge in [0.25, 0.3) is 0 Å². The van der Waals surface area contributed by atoms with Gasteiger partial charge in [0, 0.05) is 38.1 Å². The topological polar surface area (TPSA) is 47.7 Å². The van der Waals surface area contributed by atoms with Gasteiger partial charge in [0.1, 0.15) is 3.70 Å². The van der Waals surface area contributed by atoms with E-state index in [1.807, 2.05) is 28.8 Å². The lowest BCUT2D eigenvalue weighted by atomic mass is 10.3. The molecule has 0 radical (unpaired) electrons. The van der Waals surface area contributed by atoms with Crippen LogP contribution < -0.4 is 5.32 Å². The molecule has 5 nitrogen and oxygen atoms in total. The Hall–Kier alpha value is -0.570. The molecule has 0 atom stereocenters. The SMILES string of the molecule is CCn1cc(Br)c(NCc2cn(C)nc2I)n1. The van der Waals surface area contributed by atoms with Gasteiger partial charge in [0.2, 0.25) is 0 Å². The fourth-order valence-electron chi connectivity index (χ4n) is 1.49. The molecule has 0 aliphatic heterocycles. The Balaban J connectivity index is 2.06. The molecular weight excluding hydrogens is 397 g/mol. The Bertz CT molecular complexity index is 519. The maximum absolute atomic E-state index is 4.41. The van der Waals surface area contributed by atoms with Crippen LogP contribution in [0.3, 0.4) is 0 Å². The second-order valence-electron chi connectivity index (χ2n) is 3.65. The van der Waals surface area contributed by atoms with Crippen molar-refractivity contribution in [1.82, 2.24) is 19.6 Å². The van der Waals surface area contributed by atoms with Crippen molar-refractivity contribution in [2.24, 2.45) is 7.05 Å². The summed E-state index contributed by atoms with van der Waals surface area (Å²) < 4.78 is 5.71. The van der Waals surface area contributed by atoms with E-state index in [2.05, 4.69) is 61.0 Å². The number of anilines is 1. The average molecular weight is 410 g/mol. The zero-order valence-electron chi connectivity index (χ0n) is 9.61. The minimum Gasteiger partial charge on any atom is -0.363 e. The molecule has 2 aromatic rings. The largest absolute Gasteiger partial charge is 0.363 e. The fourth-order valence-corrected chi connectivity index (χ4v) is 2.61. The third kappa shape index (κ3) is 3.01. The van der Waals surface area contributed by atoms with Crippen molar-refractivity contribution in [1.29, 1.82) is 0 Å². The van der Waals surface area contributed by atoms with E-state index < -0.39 is 0 Å². The van der Waals surface area contributed by atoms with Gasteiger partial charge in [-0.25, -0.2) is 0 Å². The van der Waals surface area contributed by atoms with Crippen LogP contribution in [0.1, 0.15) is 12.5 Å². The monoisotopic (exact) mass is 409 g/mol. The van der Waals surface area contributed by atoms with Gasteiger partial charge in [-0.1, -0.05) is 0 Å². The molecule has 0 amide bonds. The van der Waals surface area contributed by atoms with Crippen molar-refractivity contribution in [3.8, 4) is 0 Å². The summed E-state index contributed by atoms with van der Waals surface area (Å²) in [4.78, 5) is 0. The van der Waals surface area contributed by atoms with Crippen molar-refractivity contribution >= 4 is 44.3 Å². The molecule has 0 saturated heterocycles. The summed E-state index contributed by atoms with van der Waals surface area (Å²) in [6, 6.07) is 0. The molecule has 17 heavy (non-hydrogen) atoms. The van der Waals surface area contributed by atoms with E-state index in [0.717, 1.165) is 27.1 Å². The summed E-state index contributed by atoms with van der Waals surface area (Å²) >= 11 is 5.72. The van der Waals surface area contributed by atoms with E-state index in [4.69, 9.17) is 0 Å². The van der Waals surface area contributed by atoms with Crippen molar-refractivity contribution in [3.05, 3.63) is 26.1 Å². The minimum absolute atomic E-state index is 0.728. The lowest BCUT2D eigenvalue weighted by Crippen LogP contribution is -2.02. The van der Waals surface area contributed by atoms with E-state index in [1.54, 1.807) is 0 Å². The molecule has 0 bridgehead atoms. The summed E-state index contributed by atoms with van der Waals surface area (Å²) in [6.45, 7) is 3.66. The number of hydrogen-bond acceptors (Lipinski definition) is 3. The number of nitrogens with zero attached hydrogens (tertiary/aromatic N) is 4. The highest BCUT2D eigenvalue weighted by atomic mass is 127. The molecule has 0 unspecified atom stereocenters. The molecular formula is C10H13BrIN5. The van der Waals surface area contributed by atoms with Crippen LogP contribution in [0.15, 0.2) is 16.9 Å². The molecule has 92 valence electrons. The van der Waals surface area contributed by atoms with E-state index in [1.165, 1.54) is 5.56 Å². The quantitative estimate of drug-likeness (QED) is 0.789. The smallest absolute Gasteiger partial charge is 0.162 e. The normalized spacial score (nSPS) is 10.8. The Labute approximate surface area is 122 Å². The number of nitrogens with one attached hydrogen (secondary N) is 1. The van der Waals surface area contributed by atoms with Crippen LogP contribution in [-0.4, -0.2) is 19.6 Å². The Morgan fingerprint density at radius 1 is 1.41 bits per heavy atom. The molecule has 7 heteroatoms. The van der Waals surface area contributed by atoms with Crippen LogP contribution >= 0.6 is 38.5 Å². The first-order valence-electron chi connectivity index (χ1n) is 5.25. The van der Waals surface area contributed by atoms with Crippen LogP contribution in [0.4, 0.5) is 5.82 Å². The summed E-state index contributed by atoms with van der Waals surface area (Å²) in [6.07, 6.45) is 3.98. The Morgan fingerprint density at radius 2 is 2.18 bits per heavy atom. The average Bonchev–Trinajstić information content (AvgIpc) is 2.79. The molecule has 0 saturated carbocycles. The predicted molar refractivity (Wildman–Crippen MR) is 78.9 cm³/mol. The van der Waals surface area contributed by atoms with Gasteiger partial charge >= 0.3 is 0 Å². The second-order valence-corrected chi connectivity index (χ2v) is 5.53. The maximum Gasteiger partial charge on any atom is 0.162 e. The first kappa shape index (κ1) is 12.9. The number of aryl methyl sites for hydroxylation is 2. The van der Waals surface area contributed by atoms with Crippen LogP contribution in [0.25, 0.3) is 0 Å². The maximum atomic E-state index is 4.41. The Kier molecular flexibility index (Phi) is 4.08.